The number of halogens is 5. The first kappa shape index (κ1) is 26.0. The van der Waals surface area contributed by atoms with E-state index in [2.05, 4.69) is 36.9 Å². The average molecular weight is 557 g/mol. The van der Waals surface area contributed by atoms with Gasteiger partial charge in [-0.25, -0.2) is 19.6 Å². The maximum absolute atomic E-state index is 13.0. The van der Waals surface area contributed by atoms with Gasteiger partial charge in [-0.1, -0.05) is 19.1 Å². The van der Waals surface area contributed by atoms with Gasteiger partial charge in [0.15, 0.2) is 0 Å². The summed E-state index contributed by atoms with van der Waals surface area (Å²) in [6.07, 6.45) is 1.26. The van der Waals surface area contributed by atoms with E-state index in [1.165, 1.54) is 30.9 Å². The monoisotopic (exact) mass is 556 g/mol. The summed E-state index contributed by atoms with van der Waals surface area (Å²) in [7, 11) is 0. The Morgan fingerprint density at radius 1 is 1.00 bits per heavy atom. The second-order valence-corrected chi connectivity index (χ2v) is 10.3. The highest BCUT2D eigenvalue weighted by Gasteiger charge is 2.36. The summed E-state index contributed by atoms with van der Waals surface area (Å²) in [5, 5.41) is 4.49. The molecule has 1 aromatic carbocycles. The third-order valence-corrected chi connectivity index (χ3v) is 7.63. The van der Waals surface area contributed by atoms with E-state index >= 15 is 0 Å². The number of hydrogen-bond donors (Lipinski definition) is 2. The largest absolute Gasteiger partial charge is 0.416 e. The van der Waals surface area contributed by atoms with Crippen molar-refractivity contribution in [3.63, 3.8) is 0 Å². The summed E-state index contributed by atoms with van der Waals surface area (Å²) in [5.41, 5.74) is 2.83. The Bertz CT molecular complexity index is 1660. The molecule has 1 fully saturated rings. The lowest BCUT2D eigenvalue weighted by Crippen LogP contribution is -2.42. The molecule has 0 aliphatic carbocycles. The Labute approximate surface area is 225 Å². The Kier molecular flexibility index (Phi) is 6.11. The van der Waals surface area contributed by atoms with E-state index in [0.717, 1.165) is 47.7 Å². The van der Waals surface area contributed by atoms with E-state index in [9.17, 15) is 22.0 Å². The molecule has 40 heavy (non-hydrogen) atoms. The van der Waals surface area contributed by atoms with Gasteiger partial charge in [0, 0.05) is 41.5 Å². The Hall–Kier alpha value is -4.29. The third kappa shape index (κ3) is 4.58. The Balaban J connectivity index is 1.21. The standard InChI is InChI=1S/C27H25F5N8/c1-15-21(16-3-5-18(6-4-16)27(30,31)32)38-24(36-15)26(2)7-9-39(10-8-26)23-19-11-20(37-22(19)33-14-34-23)17-12-35-40(13-17)25(28)29/h3-6,11-14,25H,7-10H2,1-2H3,(H,36,38)(H,33,34,37). The van der Waals surface area contributed by atoms with Crippen molar-refractivity contribution < 1.29 is 22.0 Å². The van der Waals surface area contributed by atoms with Crippen LogP contribution in [0.5, 0.6) is 0 Å². The molecule has 5 aromatic rings. The molecule has 0 saturated carbocycles. The molecule has 8 nitrogen and oxygen atoms in total. The summed E-state index contributed by atoms with van der Waals surface area (Å²) in [4.78, 5) is 22.4. The van der Waals surface area contributed by atoms with Gasteiger partial charge in [-0.15, -0.1) is 0 Å². The number of anilines is 1. The van der Waals surface area contributed by atoms with Gasteiger partial charge in [-0.3, -0.25) is 0 Å². The molecule has 5 heterocycles. The lowest BCUT2D eigenvalue weighted by molar-refractivity contribution is -0.137. The molecule has 1 aliphatic heterocycles. The molecular weight excluding hydrogens is 531 g/mol. The molecule has 0 radical (unpaired) electrons. The summed E-state index contributed by atoms with van der Waals surface area (Å²) in [6.45, 7) is 2.64. The van der Waals surface area contributed by atoms with Crippen molar-refractivity contribution in [3.05, 3.63) is 66.1 Å². The molecule has 1 aliphatic rings. The molecule has 1 saturated heterocycles. The zero-order valence-corrected chi connectivity index (χ0v) is 21.6. The Morgan fingerprint density at radius 2 is 1.73 bits per heavy atom. The molecule has 4 aromatic heterocycles. The number of fused-ring (bicyclic) bond motifs is 1. The summed E-state index contributed by atoms with van der Waals surface area (Å²) >= 11 is 0. The van der Waals surface area contributed by atoms with Gasteiger partial charge in [0.05, 0.1) is 28.5 Å². The molecule has 2 N–H and O–H groups in total. The van der Waals surface area contributed by atoms with Crippen molar-refractivity contribution in [2.45, 2.75) is 44.8 Å². The third-order valence-electron chi connectivity index (χ3n) is 7.63. The quantitative estimate of drug-likeness (QED) is 0.242. The van der Waals surface area contributed by atoms with Crippen LogP contribution in [0.1, 0.15) is 43.4 Å². The lowest BCUT2D eigenvalue weighted by Gasteiger charge is -2.38. The van der Waals surface area contributed by atoms with Crippen molar-refractivity contribution in [2.24, 2.45) is 0 Å². The van der Waals surface area contributed by atoms with E-state index in [0.29, 0.717) is 45.9 Å². The normalized spacial score (nSPS) is 15.8. The highest BCUT2D eigenvalue weighted by molar-refractivity contribution is 5.91. The van der Waals surface area contributed by atoms with Crippen LogP contribution in [0.4, 0.5) is 27.8 Å². The predicted molar refractivity (Wildman–Crippen MR) is 139 cm³/mol. The van der Waals surface area contributed by atoms with Crippen LogP contribution in [0, 0.1) is 6.92 Å². The van der Waals surface area contributed by atoms with Crippen molar-refractivity contribution in [1.29, 1.82) is 0 Å². The van der Waals surface area contributed by atoms with Crippen LogP contribution in [0.3, 0.4) is 0 Å². The van der Waals surface area contributed by atoms with Crippen molar-refractivity contribution in [3.8, 4) is 22.5 Å². The average Bonchev–Trinajstić information content (AvgIpc) is 3.67. The molecule has 208 valence electrons. The van der Waals surface area contributed by atoms with Gasteiger partial charge in [0.25, 0.3) is 0 Å². The van der Waals surface area contributed by atoms with E-state index in [-0.39, 0.29) is 5.41 Å². The fourth-order valence-corrected chi connectivity index (χ4v) is 5.21. The van der Waals surface area contributed by atoms with Crippen LogP contribution in [-0.2, 0) is 11.6 Å². The van der Waals surface area contributed by atoms with E-state index < -0.39 is 18.3 Å². The number of H-pyrrole nitrogens is 2. The number of aryl methyl sites for hydroxylation is 1. The number of nitrogens with one attached hydrogen (secondary N) is 2. The van der Waals surface area contributed by atoms with Crippen LogP contribution < -0.4 is 4.90 Å². The van der Waals surface area contributed by atoms with Crippen LogP contribution >= 0.6 is 0 Å². The van der Waals surface area contributed by atoms with Crippen molar-refractivity contribution in [1.82, 2.24) is 34.7 Å². The van der Waals surface area contributed by atoms with Crippen LogP contribution in [0.2, 0.25) is 0 Å². The number of piperidine rings is 1. The second-order valence-electron chi connectivity index (χ2n) is 10.3. The lowest BCUT2D eigenvalue weighted by atomic mass is 9.79. The van der Waals surface area contributed by atoms with E-state index in [4.69, 9.17) is 4.98 Å². The highest BCUT2D eigenvalue weighted by Crippen LogP contribution is 2.39. The molecule has 0 spiro atoms. The number of rotatable bonds is 5. The van der Waals surface area contributed by atoms with Crippen molar-refractivity contribution >= 4 is 16.9 Å². The maximum Gasteiger partial charge on any atom is 0.416 e. The van der Waals surface area contributed by atoms with Crippen LogP contribution in [0.15, 0.2) is 49.1 Å². The first-order valence-electron chi connectivity index (χ1n) is 12.7. The van der Waals surface area contributed by atoms with Gasteiger partial charge < -0.3 is 14.9 Å². The molecule has 0 atom stereocenters. The SMILES string of the molecule is Cc1[nH]c(C2(C)CCN(c3ncnc4[nH]c(-c5cnn(C(F)F)c5)cc34)CC2)nc1-c1ccc(C(F)(F)F)cc1. The minimum atomic E-state index is -4.39. The van der Waals surface area contributed by atoms with Crippen LogP contribution in [-0.4, -0.2) is 47.8 Å². The maximum atomic E-state index is 13.0. The number of nitrogens with zero attached hydrogens (tertiary/aromatic N) is 6. The summed E-state index contributed by atoms with van der Waals surface area (Å²) < 4.78 is 65.5. The van der Waals surface area contributed by atoms with Gasteiger partial charge in [-0.05, 0) is 38.0 Å². The number of imidazole rings is 1. The van der Waals surface area contributed by atoms with Crippen LogP contribution in [0.25, 0.3) is 33.5 Å². The number of aromatic nitrogens is 7. The molecule has 13 heteroatoms. The highest BCUT2D eigenvalue weighted by atomic mass is 19.4. The fraction of sp³-hybridized carbons (Fsp3) is 0.333. The van der Waals surface area contributed by atoms with Crippen molar-refractivity contribution in [2.75, 3.05) is 18.0 Å². The van der Waals surface area contributed by atoms with Gasteiger partial charge in [0.1, 0.15) is 23.6 Å². The van der Waals surface area contributed by atoms with E-state index in [1.54, 1.807) is 0 Å². The molecule has 6 rings (SSSR count). The predicted octanol–water partition coefficient (Wildman–Crippen LogP) is 6.49. The first-order valence-corrected chi connectivity index (χ1v) is 12.7. The minimum absolute atomic E-state index is 0.273. The van der Waals surface area contributed by atoms with E-state index in [1.807, 2.05) is 13.0 Å². The second kappa shape index (κ2) is 9.42. The topological polar surface area (TPSA) is 91.3 Å². The molecule has 0 bridgehead atoms. The fourth-order valence-electron chi connectivity index (χ4n) is 5.21. The summed E-state index contributed by atoms with van der Waals surface area (Å²) in [5.74, 6) is 1.55. The minimum Gasteiger partial charge on any atom is -0.356 e. The summed E-state index contributed by atoms with van der Waals surface area (Å²) in [6, 6.07) is 6.89. The first-order chi connectivity index (χ1) is 19.0. The smallest absolute Gasteiger partial charge is 0.356 e. The number of aromatic amines is 2. The van der Waals surface area contributed by atoms with Gasteiger partial charge in [0.2, 0.25) is 0 Å². The molecular formula is C27H25F5N8. The zero-order chi connectivity index (χ0) is 28.2. The van der Waals surface area contributed by atoms with Gasteiger partial charge >= 0.3 is 12.7 Å². The number of hydrogen-bond acceptors (Lipinski definition) is 5. The molecule has 0 amide bonds. The molecule has 0 unspecified atom stereocenters. The Morgan fingerprint density at radius 3 is 2.38 bits per heavy atom. The number of alkyl halides is 5. The number of benzene rings is 1. The van der Waals surface area contributed by atoms with Gasteiger partial charge in [-0.2, -0.15) is 27.1 Å². The zero-order valence-electron chi connectivity index (χ0n) is 21.6.